The maximum atomic E-state index is 6.13. The molecular weight excluding hydrogens is 342 g/mol. The zero-order valence-corrected chi connectivity index (χ0v) is 15.4. The van der Waals surface area contributed by atoms with Crippen LogP contribution in [0.5, 0.6) is 5.88 Å². The molecule has 122 valence electrons. The van der Waals surface area contributed by atoms with E-state index in [0.29, 0.717) is 12.0 Å². The molecule has 1 aliphatic rings. The number of rotatable bonds is 5. The lowest BCUT2D eigenvalue weighted by atomic mass is 10.1. The van der Waals surface area contributed by atoms with Crippen molar-refractivity contribution in [3.8, 4) is 5.88 Å². The van der Waals surface area contributed by atoms with Gasteiger partial charge < -0.3 is 9.64 Å². The molecule has 0 amide bonds. The molecule has 0 N–H and O–H groups in total. The molecule has 0 spiro atoms. The van der Waals surface area contributed by atoms with Crippen molar-refractivity contribution in [3.63, 3.8) is 0 Å². The number of hydrogen-bond donors (Lipinski definition) is 0. The minimum atomic E-state index is 0.297. The molecule has 0 bridgehead atoms. The summed E-state index contributed by atoms with van der Waals surface area (Å²) in [4.78, 5) is 11.1. The second-order valence-electron chi connectivity index (χ2n) is 5.93. The van der Waals surface area contributed by atoms with E-state index in [2.05, 4.69) is 32.8 Å². The average molecular weight is 368 g/mol. The van der Waals surface area contributed by atoms with E-state index in [4.69, 9.17) is 4.74 Å². The molecule has 22 heavy (non-hydrogen) atoms. The Bertz CT molecular complexity index is 511. The van der Waals surface area contributed by atoms with Gasteiger partial charge in [-0.05, 0) is 61.5 Å². The Balaban J connectivity index is 2.10. The van der Waals surface area contributed by atoms with Crippen LogP contribution in [0.3, 0.4) is 0 Å². The number of aliphatic imine (C=N–C) groups is 1. The molecule has 1 aromatic heterocycles. The minimum absolute atomic E-state index is 0.297. The molecule has 4 nitrogen and oxygen atoms in total. The Morgan fingerprint density at radius 2 is 2.05 bits per heavy atom. The predicted octanol–water partition coefficient (Wildman–Crippen LogP) is 4.87. The van der Waals surface area contributed by atoms with Gasteiger partial charge in [0.05, 0.1) is 22.2 Å². The minimum Gasteiger partial charge on any atom is -0.474 e. The highest BCUT2D eigenvalue weighted by Gasteiger charge is 2.17. The zero-order chi connectivity index (χ0) is 15.9. The monoisotopic (exact) mass is 367 g/mol. The maximum absolute atomic E-state index is 6.13. The van der Waals surface area contributed by atoms with Gasteiger partial charge in [-0.15, -0.1) is 0 Å². The molecule has 1 heterocycles. The van der Waals surface area contributed by atoms with Crippen LogP contribution in [-0.2, 0) is 0 Å². The summed E-state index contributed by atoms with van der Waals surface area (Å²) in [7, 11) is 2.00. The molecule has 1 fully saturated rings. The highest BCUT2D eigenvalue weighted by molar-refractivity contribution is 9.10. The Labute approximate surface area is 142 Å². The number of ether oxygens (including phenoxy) is 1. The number of halogens is 1. The van der Waals surface area contributed by atoms with Crippen molar-refractivity contribution in [1.29, 1.82) is 0 Å². The van der Waals surface area contributed by atoms with E-state index < -0.39 is 0 Å². The molecule has 1 aliphatic carbocycles. The lowest BCUT2D eigenvalue weighted by molar-refractivity contribution is 0.174. The molecule has 5 heteroatoms. The molecule has 0 atom stereocenters. The summed E-state index contributed by atoms with van der Waals surface area (Å²) in [5.41, 5.74) is 1.77. The van der Waals surface area contributed by atoms with Crippen LogP contribution in [0, 0.1) is 6.92 Å². The summed E-state index contributed by atoms with van der Waals surface area (Å²) in [5, 5.41) is 0. The molecule has 1 saturated carbocycles. The van der Waals surface area contributed by atoms with E-state index in [1.807, 2.05) is 31.3 Å². The number of nitrogens with zero attached hydrogens (tertiary/aromatic N) is 3. The largest absolute Gasteiger partial charge is 0.474 e. The fourth-order valence-corrected chi connectivity index (χ4v) is 2.92. The quantitative estimate of drug-likeness (QED) is 0.423. The van der Waals surface area contributed by atoms with Gasteiger partial charge in [-0.2, -0.15) is 0 Å². The first kappa shape index (κ1) is 17.3. The summed E-state index contributed by atoms with van der Waals surface area (Å²) in [5.74, 6) is 0.701. The van der Waals surface area contributed by atoms with Gasteiger partial charge in [0, 0.05) is 13.6 Å². The van der Waals surface area contributed by atoms with Crippen LogP contribution < -0.4 is 4.74 Å². The lowest BCUT2D eigenvalue weighted by Crippen LogP contribution is -2.16. The van der Waals surface area contributed by atoms with Crippen LogP contribution >= 0.6 is 15.9 Å². The van der Waals surface area contributed by atoms with Crippen LogP contribution in [0.4, 0.5) is 5.69 Å². The van der Waals surface area contributed by atoms with Crippen molar-refractivity contribution in [2.45, 2.75) is 58.5 Å². The predicted molar refractivity (Wildman–Crippen MR) is 95.2 cm³/mol. The van der Waals surface area contributed by atoms with Crippen molar-refractivity contribution in [2.24, 2.45) is 4.99 Å². The smallest absolute Gasteiger partial charge is 0.228 e. The van der Waals surface area contributed by atoms with Crippen LogP contribution in [0.25, 0.3) is 0 Å². The molecule has 0 unspecified atom stereocenters. The van der Waals surface area contributed by atoms with Gasteiger partial charge in [-0.25, -0.2) is 9.98 Å². The van der Waals surface area contributed by atoms with E-state index in [9.17, 15) is 0 Å². The van der Waals surface area contributed by atoms with Gasteiger partial charge >= 0.3 is 0 Å². The van der Waals surface area contributed by atoms with Crippen LogP contribution in [0.1, 0.15) is 51.1 Å². The highest BCUT2D eigenvalue weighted by atomic mass is 79.9. The molecule has 0 aromatic carbocycles. The third-order valence-corrected chi connectivity index (χ3v) is 4.65. The Morgan fingerprint density at radius 1 is 1.36 bits per heavy atom. The summed E-state index contributed by atoms with van der Waals surface area (Å²) >= 11 is 3.58. The van der Waals surface area contributed by atoms with Gasteiger partial charge in [0.25, 0.3) is 0 Å². The van der Waals surface area contributed by atoms with E-state index >= 15 is 0 Å². The van der Waals surface area contributed by atoms with Crippen molar-refractivity contribution >= 4 is 28.0 Å². The van der Waals surface area contributed by atoms with Gasteiger partial charge in [0.2, 0.25) is 5.88 Å². The highest BCUT2D eigenvalue weighted by Crippen LogP contribution is 2.32. The Morgan fingerprint density at radius 3 is 2.68 bits per heavy atom. The molecule has 0 radical (unpaired) electrons. The molecule has 0 aliphatic heterocycles. The van der Waals surface area contributed by atoms with Crippen molar-refractivity contribution in [1.82, 2.24) is 9.88 Å². The van der Waals surface area contributed by atoms with Crippen molar-refractivity contribution < 1.29 is 4.74 Å². The van der Waals surface area contributed by atoms with Gasteiger partial charge in [0.15, 0.2) is 0 Å². The lowest BCUT2D eigenvalue weighted by Gasteiger charge is -2.18. The fraction of sp³-hybridized carbons (Fsp3) is 0.647. The summed E-state index contributed by atoms with van der Waals surface area (Å²) < 4.78 is 7.01. The van der Waals surface area contributed by atoms with Crippen LogP contribution in [0.15, 0.2) is 15.5 Å². The van der Waals surface area contributed by atoms with Gasteiger partial charge in [-0.1, -0.05) is 12.8 Å². The zero-order valence-electron chi connectivity index (χ0n) is 13.8. The van der Waals surface area contributed by atoms with Crippen LogP contribution in [0.2, 0.25) is 0 Å². The van der Waals surface area contributed by atoms with Crippen molar-refractivity contribution in [3.05, 3.63) is 16.2 Å². The first-order valence-corrected chi connectivity index (χ1v) is 8.97. The molecule has 1 aromatic rings. The van der Waals surface area contributed by atoms with E-state index in [0.717, 1.165) is 35.2 Å². The first-order chi connectivity index (χ1) is 10.6. The topological polar surface area (TPSA) is 37.7 Å². The standard InChI is InChI=1S/C17H26BrN3O/c1-4-21(3)12-19-16-11-15(18)17(20-13(16)2)22-14-9-7-5-6-8-10-14/h11-12,14H,4-10H2,1-3H3/b19-12+. The number of aryl methyl sites for hydroxylation is 1. The third kappa shape index (κ3) is 4.97. The maximum Gasteiger partial charge on any atom is 0.228 e. The number of hydrogen-bond acceptors (Lipinski definition) is 3. The normalized spacial score (nSPS) is 16.7. The number of aromatic nitrogens is 1. The second-order valence-corrected chi connectivity index (χ2v) is 6.78. The number of pyridine rings is 1. The van der Waals surface area contributed by atoms with Gasteiger partial charge in [-0.3, -0.25) is 0 Å². The summed E-state index contributed by atoms with van der Waals surface area (Å²) in [6.07, 6.45) is 9.56. The summed E-state index contributed by atoms with van der Waals surface area (Å²) in [6, 6.07) is 1.99. The fourth-order valence-electron chi connectivity index (χ4n) is 2.52. The van der Waals surface area contributed by atoms with Crippen molar-refractivity contribution in [2.75, 3.05) is 13.6 Å². The second kappa shape index (κ2) is 8.51. The average Bonchev–Trinajstić information content (AvgIpc) is 2.77. The van der Waals surface area contributed by atoms with Gasteiger partial charge in [0.1, 0.15) is 6.10 Å². The van der Waals surface area contributed by atoms with E-state index in [1.165, 1.54) is 25.7 Å². The molecular formula is C17H26BrN3O. The SMILES string of the molecule is CCN(C)/C=N/c1cc(Br)c(OC2CCCCCC2)nc1C. The molecule has 2 rings (SSSR count). The first-order valence-electron chi connectivity index (χ1n) is 8.18. The Kier molecular flexibility index (Phi) is 6.68. The van der Waals surface area contributed by atoms with E-state index in [-0.39, 0.29) is 0 Å². The molecule has 0 saturated heterocycles. The van der Waals surface area contributed by atoms with Crippen LogP contribution in [-0.4, -0.2) is 35.9 Å². The van der Waals surface area contributed by atoms with E-state index in [1.54, 1.807) is 0 Å². The third-order valence-electron chi connectivity index (χ3n) is 4.08. The Hall–Kier alpha value is -1.10. The summed E-state index contributed by atoms with van der Waals surface area (Å²) in [6.45, 7) is 5.00.